The first-order chi connectivity index (χ1) is 9.86. The number of sulfonamides is 1. The van der Waals surface area contributed by atoms with Crippen molar-refractivity contribution >= 4 is 15.9 Å². The van der Waals surface area contributed by atoms with Crippen molar-refractivity contribution in [2.45, 2.75) is 45.1 Å². The minimum absolute atomic E-state index is 0.0344. The first-order valence-corrected chi connectivity index (χ1v) is 9.73. The van der Waals surface area contributed by atoms with E-state index in [4.69, 9.17) is 0 Å². The van der Waals surface area contributed by atoms with Gasteiger partial charge in [0.05, 0.1) is 11.7 Å². The summed E-state index contributed by atoms with van der Waals surface area (Å²) in [5.74, 6) is 0.257. The lowest BCUT2D eigenvalue weighted by Crippen LogP contribution is -2.51. The molecule has 7 heteroatoms. The van der Waals surface area contributed by atoms with Gasteiger partial charge >= 0.3 is 0 Å². The first kappa shape index (κ1) is 16.7. The molecule has 0 aliphatic carbocycles. The first-order valence-electron chi connectivity index (χ1n) is 7.84. The molecule has 0 bridgehead atoms. The molecule has 0 aromatic heterocycles. The van der Waals surface area contributed by atoms with Crippen LogP contribution in [-0.2, 0) is 14.8 Å². The third kappa shape index (κ3) is 4.17. The third-order valence-electron chi connectivity index (χ3n) is 4.59. The summed E-state index contributed by atoms with van der Waals surface area (Å²) < 4.78 is 25.2. The zero-order chi connectivity index (χ0) is 15.5. The Hall–Kier alpha value is -0.660. The molecule has 1 amide bonds. The van der Waals surface area contributed by atoms with E-state index in [-0.39, 0.29) is 17.4 Å². The maximum absolute atomic E-state index is 12.9. The van der Waals surface area contributed by atoms with E-state index >= 15 is 0 Å². The Morgan fingerprint density at radius 2 is 2.05 bits per heavy atom. The average Bonchev–Trinajstić information content (AvgIpc) is 2.87. The van der Waals surface area contributed by atoms with Crippen molar-refractivity contribution in [2.24, 2.45) is 5.41 Å². The van der Waals surface area contributed by atoms with Crippen molar-refractivity contribution in [3.05, 3.63) is 0 Å². The number of rotatable bonds is 5. The van der Waals surface area contributed by atoms with Crippen LogP contribution in [0.1, 0.15) is 39.0 Å². The van der Waals surface area contributed by atoms with Gasteiger partial charge < -0.3 is 10.2 Å². The summed E-state index contributed by atoms with van der Waals surface area (Å²) in [5, 5.41) is 3.32. The van der Waals surface area contributed by atoms with Gasteiger partial charge in [-0.05, 0) is 32.2 Å². The van der Waals surface area contributed by atoms with Gasteiger partial charge in [-0.2, -0.15) is 0 Å². The van der Waals surface area contributed by atoms with Gasteiger partial charge in [-0.3, -0.25) is 4.79 Å². The molecule has 122 valence electrons. The summed E-state index contributed by atoms with van der Waals surface area (Å²) in [5.41, 5.74) is -0.230. The third-order valence-corrected chi connectivity index (χ3v) is 5.35. The Labute approximate surface area is 127 Å². The van der Waals surface area contributed by atoms with Crippen LogP contribution in [0.2, 0.25) is 0 Å². The lowest BCUT2D eigenvalue weighted by molar-refractivity contribution is -0.142. The van der Waals surface area contributed by atoms with Crippen LogP contribution in [0.5, 0.6) is 0 Å². The van der Waals surface area contributed by atoms with Crippen molar-refractivity contribution < 1.29 is 13.2 Å². The summed E-state index contributed by atoms with van der Waals surface area (Å²) in [6.45, 7) is 5.11. The number of carbonyl (C=O) groups is 1. The molecule has 0 radical (unpaired) electrons. The molecule has 2 aliphatic heterocycles. The van der Waals surface area contributed by atoms with Gasteiger partial charge in [0.25, 0.3) is 0 Å². The SMILES string of the molecule is CCCC1(C(=O)N2CCC(NS(C)(=O)=O)CC2)CCNC1. The number of hydrogen-bond acceptors (Lipinski definition) is 4. The molecule has 2 heterocycles. The largest absolute Gasteiger partial charge is 0.342 e. The van der Waals surface area contributed by atoms with Crippen molar-refractivity contribution in [3.8, 4) is 0 Å². The molecular formula is C14H27N3O3S. The zero-order valence-corrected chi connectivity index (χ0v) is 13.8. The van der Waals surface area contributed by atoms with Crippen LogP contribution in [0.15, 0.2) is 0 Å². The molecule has 1 atom stereocenters. The van der Waals surface area contributed by atoms with E-state index < -0.39 is 10.0 Å². The maximum Gasteiger partial charge on any atom is 0.230 e. The number of piperidine rings is 1. The van der Waals surface area contributed by atoms with Gasteiger partial charge in [-0.1, -0.05) is 13.3 Å². The number of amides is 1. The van der Waals surface area contributed by atoms with Gasteiger partial charge in [0.1, 0.15) is 0 Å². The summed E-state index contributed by atoms with van der Waals surface area (Å²) in [7, 11) is -3.16. The normalized spacial score (nSPS) is 28.0. The number of hydrogen-bond donors (Lipinski definition) is 2. The van der Waals surface area contributed by atoms with Gasteiger partial charge in [0.2, 0.25) is 15.9 Å². The van der Waals surface area contributed by atoms with Crippen LogP contribution in [0, 0.1) is 5.41 Å². The zero-order valence-electron chi connectivity index (χ0n) is 13.0. The average molecular weight is 317 g/mol. The van der Waals surface area contributed by atoms with E-state index in [0.29, 0.717) is 25.9 Å². The van der Waals surface area contributed by atoms with Crippen molar-refractivity contribution in [2.75, 3.05) is 32.4 Å². The molecule has 6 nitrogen and oxygen atoms in total. The lowest BCUT2D eigenvalue weighted by atomic mass is 9.80. The highest BCUT2D eigenvalue weighted by Gasteiger charge is 2.43. The van der Waals surface area contributed by atoms with Crippen LogP contribution < -0.4 is 10.0 Å². The Balaban J connectivity index is 1.93. The topological polar surface area (TPSA) is 78.5 Å². The molecular weight excluding hydrogens is 290 g/mol. The van der Waals surface area contributed by atoms with E-state index in [1.54, 1.807) is 0 Å². The summed E-state index contributed by atoms with van der Waals surface area (Å²) in [6, 6.07) is -0.0344. The van der Waals surface area contributed by atoms with E-state index in [1.165, 1.54) is 6.26 Å². The standard InChI is InChI=1S/C14H27N3O3S/c1-3-6-14(7-8-15-11-14)13(18)17-9-4-12(5-10-17)16-21(2,19)20/h12,15-16H,3-11H2,1-2H3. The molecule has 2 saturated heterocycles. The molecule has 2 N–H and O–H groups in total. The number of nitrogens with one attached hydrogen (secondary N) is 2. The number of nitrogens with zero attached hydrogens (tertiary/aromatic N) is 1. The number of likely N-dealkylation sites (tertiary alicyclic amines) is 1. The van der Waals surface area contributed by atoms with Gasteiger partial charge in [0, 0.05) is 25.7 Å². The summed E-state index contributed by atoms with van der Waals surface area (Å²) >= 11 is 0. The predicted molar refractivity (Wildman–Crippen MR) is 82.4 cm³/mol. The maximum atomic E-state index is 12.9. The predicted octanol–water partition coefficient (Wildman–Crippen LogP) is 0.306. The highest BCUT2D eigenvalue weighted by Crippen LogP contribution is 2.34. The van der Waals surface area contributed by atoms with Crippen LogP contribution in [-0.4, -0.2) is 57.7 Å². The smallest absolute Gasteiger partial charge is 0.230 e. The van der Waals surface area contributed by atoms with E-state index in [1.807, 2.05) is 4.90 Å². The van der Waals surface area contributed by atoms with Crippen LogP contribution in [0.25, 0.3) is 0 Å². The van der Waals surface area contributed by atoms with Crippen LogP contribution >= 0.6 is 0 Å². The minimum Gasteiger partial charge on any atom is -0.342 e. The summed E-state index contributed by atoms with van der Waals surface area (Å²) in [6.07, 6.45) is 5.45. The highest BCUT2D eigenvalue weighted by molar-refractivity contribution is 7.88. The van der Waals surface area contributed by atoms with Crippen LogP contribution in [0.3, 0.4) is 0 Å². The second-order valence-corrected chi connectivity index (χ2v) is 8.19. The van der Waals surface area contributed by atoms with Crippen molar-refractivity contribution in [1.82, 2.24) is 14.9 Å². The van der Waals surface area contributed by atoms with Gasteiger partial charge in [-0.25, -0.2) is 13.1 Å². The summed E-state index contributed by atoms with van der Waals surface area (Å²) in [4.78, 5) is 14.8. The second-order valence-electron chi connectivity index (χ2n) is 6.41. The quantitative estimate of drug-likeness (QED) is 0.765. The lowest BCUT2D eigenvalue weighted by Gasteiger charge is -2.38. The Morgan fingerprint density at radius 1 is 1.38 bits per heavy atom. The molecule has 1 unspecified atom stereocenters. The Bertz CT molecular complexity index is 464. The molecule has 0 aromatic carbocycles. The van der Waals surface area contributed by atoms with Crippen molar-refractivity contribution in [3.63, 3.8) is 0 Å². The highest BCUT2D eigenvalue weighted by atomic mass is 32.2. The molecule has 0 aromatic rings. The van der Waals surface area contributed by atoms with Gasteiger partial charge in [-0.15, -0.1) is 0 Å². The second kappa shape index (κ2) is 6.62. The number of carbonyl (C=O) groups excluding carboxylic acids is 1. The molecule has 21 heavy (non-hydrogen) atoms. The Kier molecular flexibility index (Phi) is 5.27. The molecule has 2 fully saturated rings. The Morgan fingerprint density at radius 3 is 2.52 bits per heavy atom. The molecule has 2 rings (SSSR count). The van der Waals surface area contributed by atoms with E-state index in [9.17, 15) is 13.2 Å². The monoisotopic (exact) mass is 317 g/mol. The van der Waals surface area contributed by atoms with E-state index in [2.05, 4.69) is 17.0 Å². The fourth-order valence-corrected chi connectivity index (χ4v) is 4.40. The van der Waals surface area contributed by atoms with Crippen molar-refractivity contribution in [1.29, 1.82) is 0 Å². The molecule has 2 aliphatic rings. The molecule has 0 spiro atoms. The van der Waals surface area contributed by atoms with Gasteiger partial charge in [0.15, 0.2) is 0 Å². The van der Waals surface area contributed by atoms with Crippen LogP contribution in [0.4, 0.5) is 0 Å². The van der Waals surface area contributed by atoms with E-state index in [0.717, 1.165) is 32.4 Å². The fourth-order valence-electron chi connectivity index (χ4n) is 3.56. The fraction of sp³-hybridized carbons (Fsp3) is 0.929. The molecule has 0 saturated carbocycles. The minimum atomic E-state index is -3.16.